The molecule has 3 nitrogen and oxygen atoms in total. The first-order valence-corrected chi connectivity index (χ1v) is 2.72. The number of hydrogen-bond acceptors (Lipinski definition) is 2. The predicted molar refractivity (Wildman–Crippen MR) is 43.0 cm³/mol. The van der Waals surface area contributed by atoms with E-state index < -0.39 is 5.97 Å². The van der Waals surface area contributed by atoms with Crippen LogP contribution in [0.15, 0.2) is 24.3 Å². The number of rotatable bonds is 1. The number of aromatic hydroxyl groups is 1. The van der Waals surface area contributed by atoms with Gasteiger partial charge in [-0.25, -0.2) is 4.79 Å². The van der Waals surface area contributed by atoms with Crippen LogP contribution in [0.2, 0.25) is 0 Å². The van der Waals surface area contributed by atoms with Gasteiger partial charge in [0.05, 0.1) is 5.56 Å². The van der Waals surface area contributed by atoms with Crippen molar-refractivity contribution in [3.8, 4) is 5.75 Å². The summed E-state index contributed by atoms with van der Waals surface area (Å²) in [6.07, 6.45) is 0. The molecule has 0 spiro atoms. The van der Waals surface area contributed by atoms with Crippen molar-refractivity contribution >= 4 is 16.1 Å². The Labute approximate surface area is 70.5 Å². The Morgan fingerprint density at radius 2 is 1.73 bits per heavy atom. The topological polar surface area (TPSA) is 57.5 Å². The average molecular weight is 149 g/mol. The average Bonchev–Trinajstić information content (AvgIpc) is 1.88. The number of carboxylic acids is 1. The minimum Gasteiger partial charge on any atom is -1.00 e. The Hall–Kier alpha value is -1.34. The molecule has 2 N–H and O–H groups in total. The van der Waals surface area contributed by atoms with Crippen LogP contribution in [-0.2, 0) is 0 Å². The van der Waals surface area contributed by atoms with Crippen molar-refractivity contribution in [2.24, 2.45) is 0 Å². The van der Waals surface area contributed by atoms with Gasteiger partial charge in [0.1, 0.15) is 5.75 Å². The van der Waals surface area contributed by atoms with Crippen LogP contribution in [0.5, 0.6) is 5.75 Å². The molecule has 0 aliphatic heterocycles. The molecule has 0 bridgehead atoms. The van der Waals surface area contributed by atoms with Gasteiger partial charge in [-0.1, -0.05) is 0 Å². The zero-order chi connectivity index (χ0) is 7.56. The standard InChI is InChI=1S/C7H6O3.Be.2H/c8-6-3-1-5(2-4-6)7(9)10;;;/h1-4,8H,(H,9,10);;;/q;+2;2*-1. The van der Waals surface area contributed by atoms with Crippen LogP contribution in [0.4, 0.5) is 0 Å². The van der Waals surface area contributed by atoms with E-state index in [1.54, 1.807) is 0 Å². The molecule has 0 unspecified atom stereocenters. The van der Waals surface area contributed by atoms with E-state index in [-0.39, 0.29) is 24.3 Å². The summed E-state index contributed by atoms with van der Waals surface area (Å²) in [5, 5.41) is 17.1. The maximum absolute atomic E-state index is 10.2. The Morgan fingerprint density at radius 3 is 2.09 bits per heavy atom. The fourth-order valence-corrected chi connectivity index (χ4v) is 0.604. The van der Waals surface area contributed by atoms with Crippen LogP contribution in [-0.4, -0.2) is 26.3 Å². The van der Waals surface area contributed by atoms with E-state index in [0.717, 1.165) is 0 Å². The Kier molecular flexibility index (Phi) is 3.28. The van der Waals surface area contributed by atoms with Gasteiger partial charge in [0.2, 0.25) is 0 Å². The van der Waals surface area contributed by atoms with Gasteiger partial charge in [0.25, 0.3) is 0 Å². The minimum atomic E-state index is -0.986. The summed E-state index contributed by atoms with van der Waals surface area (Å²) in [5.41, 5.74) is 0.179. The zero-order valence-electron chi connectivity index (χ0n) is 7.82. The summed E-state index contributed by atoms with van der Waals surface area (Å²) in [6, 6.07) is 5.36. The molecule has 1 aromatic rings. The van der Waals surface area contributed by atoms with E-state index in [0.29, 0.717) is 0 Å². The summed E-state index contributed by atoms with van der Waals surface area (Å²) in [4.78, 5) is 10.2. The molecule has 0 fully saturated rings. The van der Waals surface area contributed by atoms with Crippen molar-refractivity contribution < 1.29 is 17.9 Å². The zero-order valence-corrected chi connectivity index (χ0v) is 5.82. The quantitative estimate of drug-likeness (QED) is 0.584. The van der Waals surface area contributed by atoms with Crippen molar-refractivity contribution in [1.82, 2.24) is 0 Å². The molecule has 0 saturated heterocycles. The second-order valence-electron chi connectivity index (χ2n) is 1.85. The third kappa shape index (κ3) is 2.40. The maximum Gasteiger partial charge on any atom is 2.00 e. The van der Waals surface area contributed by atoms with Crippen molar-refractivity contribution in [3.63, 3.8) is 0 Å². The number of aromatic carboxylic acids is 1. The van der Waals surface area contributed by atoms with Crippen molar-refractivity contribution in [1.29, 1.82) is 0 Å². The molecule has 1 aromatic carbocycles. The first kappa shape index (κ1) is 9.66. The van der Waals surface area contributed by atoms with Crippen LogP contribution in [0.1, 0.15) is 13.2 Å². The molecule has 0 heterocycles. The monoisotopic (exact) mass is 149 g/mol. The molecule has 0 amide bonds. The van der Waals surface area contributed by atoms with Gasteiger partial charge in [0.15, 0.2) is 0 Å². The van der Waals surface area contributed by atoms with E-state index in [1.807, 2.05) is 0 Å². The fraction of sp³-hybridized carbons (Fsp3) is 0. The molecule has 11 heavy (non-hydrogen) atoms. The summed E-state index contributed by atoms with van der Waals surface area (Å²) < 4.78 is 0. The summed E-state index contributed by atoms with van der Waals surface area (Å²) in [5.74, 6) is -0.912. The number of carbonyl (C=O) groups is 1. The first-order chi connectivity index (χ1) is 4.70. The van der Waals surface area contributed by atoms with E-state index in [9.17, 15) is 4.79 Å². The Morgan fingerprint density at radius 1 is 1.27 bits per heavy atom. The molecular weight excluding hydrogens is 141 g/mol. The fourth-order valence-electron chi connectivity index (χ4n) is 0.604. The molecule has 4 heteroatoms. The number of carboxylic acid groups (broad SMARTS) is 1. The van der Waals surface area contributed by atoms with Crippen LogP contribution in [0.25, 0.3) is 0 Å². The Bertz CT molecular complexity index is 250. The Balaban J connectivity index is -0.000000333. The summed E-state index contributed by atoms with van der Waals surface area (Å²) in [7, 11) is 0. The normalized spacial score (nSPS) is 8.36. The second kappa shape index (κ2) is 3.74. The first-order valence-electron chi connectivity index (χ1n) is 2.72. The van der Waals surface area contributed by atoms with Gasteiger partial charge in [-0.05, 0) is 24.3 Å². The van der Waals surface area contributed by atoms with Crippen molar-refractivity contribution in [3.05, 3.63) is 29.8 Å². The third-order valence-corrected chi connectivity index (χ3v) is 1.11. The van der Waals surface area contributed by atoms with Gasteiger partial charge in [-0.3, -0.25) is 0 Å². The number of hydrogen-bond donors (Lipinski definition) is 2. The summed E-state index contributed by atoms with van der Waals surface area (Å²) in [6.45, 7) is 0. The van der Waals surface area contributed by atoms with Gasteiger partial charge in [0, 0.05) is 0 Å². The molecule has 0 saturated carbocycles. The molecule has 0 atom stereocenters. The van der Waals surface area contributed by atoms with Crippen LogP contribution >= 0.6 is 0 Å². The van der Waals surface area contributed by atoms with Gasteiger partial charge in [-0.15, -0.1) is 0 Å². The van der Waals surface area contributed by atoms with E-state index >= 15 is 0 Å². The van der Waals surface area contributed by atoms with E-state index in [4.69, 9.17) is 10.2 Å². The third-order valence-electron chi connectivity index (χ3n) is 1.11. The largest absolute Gasteiger partial charge is 2.00 e. The van der Waals surface area contributed by atoms with Crippen molar-refractivity contribution in [2.75, 3.05) is 0 Å². The molecule has 0 aromatic heterocycles. The van der Waals surface area contributed by atoms with Crippen LogP contribution in [0.3, 0.4) is 0 Å². The van der Waals surface area contributed by atoms with Crippen LogP contribution in [0, 0.1) is 0 Å². The van der Waals surface area contributed by atoms with E-state index in [1.165, 1.54) is 24.3 Å². The molecule has 56 valence electrons. The van der Waals surface area contributed by atoms with Crippen LogP contribution < -0.4 is 0 Å². The number of phenolic OH excluding ortho intramolecular Hbond substituents is 1. The molecular formula is C7H8BeO3. The molecule has 1 rings (SSSR count). The van der Waals surface area contributed by atoms with Gasteiger partial charge in [-0.2, -0.15) is 0 Å². The maximum atomic E-state index is 10.2. The molecule has 0 aliphatic rings. The second-order valence-corrected chi connectivity index (χ2v) is 1.85. The smallest absolute Gasteiger partial charge is 1.00 e. The number of benzene rings is 1. The van der Waals surface area contributed by atoms with E-state index in [2.05, 4.69) is 0 Å². The molecule has 0 radical (unpaired) electrons. The minimum absolute atomic E-state index is 0. The van der Waals surface area contributed by atoms with Gasteiger partial charge >= 0.3 is 16.1 Å². The SMILES string of the molecule is O=C(O)c1ccc(O)cc1.[Be+2].[H-].[H-]. The van der Waals surface area contributed by atoms with Crippen molar-refractivity contribution in [2.45, 2.75) is 0 Å². The summed E-state index contributed by atoms with van der Waals surface area (Å²) >= 11 is 0. The van der Waals surface area contributed by atoms with Gasteiger partial charge < -0.3 is 13.1 Å². The number of phenols is 1. The predicted octanol–water partition coefficient (Wildman–Crippen LogP) is 0.935. The molecule has 0 aliphatic carbocycles.